The van der Waals surface area contributed by atoms with Gasteiger partial charge < -0.3 is 19.8 Å². The maximum atomic E-state index is 13.9. The van der Waals surface area contributed by atoms with Gasteiger partial charge in [-0.25, -0.2) is 17.6 Å². The van der Waals surface area contributed by atoms with Crippen LogP contribution in [0.25, 0.3) is 0 Å². The van der Waals surface area contributed by atoms with Crippen molar-refractivity contribution in [3.63, 3.8) is 0 Å². The molecule has 0 aromatic heterocycles. The van der Waals surface area contributed by atoms with Gasteiger partial charge in [-0.15, -0.1) is 11.8 Å². The molecule has 0 saturated heterocycles. The van der Waals surface area contributed by atoms with Crippen molar-refractivity contribution in [2.24, 2.45) is 5.41 Å². The van der Waals surface area contributed by atoms with Gasteiger partial charge in [-0.2, -0.15) is 0 Å². The summed E-state index contributed by atoms with van der Waals surface area (Å²) in [5, 5.41) is 17.9. The number of rotatable bonds is 9. The van der Waals surface area contributed by atoms with E-state index in [2.05, 4.69) is 6.92 Å². The molecule has 2 aromatic rings. The summed E-state index contributed by atoms with van der Waals surface area (Å²) in [6.45, 7) is 5.65. The number of benzene rings is 2. The van der Waals surface area contributed by atoms with Crippen LogP contribution in [-0.2, 0) is 14.6 Å². The molecular formula is C25H32FNO6S2. The van der Waals surface area contributed by atoms with Crippen molar-refractivity contribution in [3.05, 3.63) is 42.2 Å². The number of aliphatic carboxylic acids is 1. The van der Waals surface area contributed by atoms with Crippen LogP contribution in [0.4, 0.5) is 15.8 Å². The minimum Gasteiger partial charge on any atom is -0.489 e. The molecule has 2 N–H and O–H groups in total. The van der Waals surface area contributed by atoms with E-state index in [4.69, 9.17) is 9.84 Å². The van der Waals surface area contributed by atoms with Gasteiger partial charge >= 0.3 is 5.97 Å². The van der Waals surface area contributed by atoms with E-state index in [9.17, 15) is 22.7 Å². The first-order valence-electron chi connectivity index (χ1n) is 11.5. The molecule has 0 fully saturated rings. The standard InChI is InChI=1S/C25H32FNO6S2/c1-5-6-11-25(3)15-27(18-9-7-17(26)8-10-18)19-12-22(34-4)21(33-14-20(28)24(29)30)13-23(19)35(31,32)16(25)2/h7-10,12-13,16,20,28H,5-6,11,14-15H2,1-4H3,(H,29,30). The van der Waals surface area contributed by atoms with E-state index >= 15 is 0 Å². The van der Waals surface area contributed by atoms with Gasteiger partial charge in [0.2, 0.25) is 0 Å². The molecule has 1 aliphatic heterocycles. The molecule has 3 unspecified atom stereocenters. The lowest BCUT2D eigenvalue weighted by Gasteiger charge is -2.37. The van der Waals surface area contributed by atoms with Crippen LogP contribution in [0.1, 0.15) is 40.0 Å². The number of aliphatic hydroxyl groups excluding tert-OH is 1. The zero-order valence-electron chi connectivity index (χ0n) is 20.3. The average Bonchev–Trinajstić information content (AvgIpc) is 2.89. The number of hydrogen-bond donors (Lipinski definition) is 2. The number of carboxylic acids is 1. The molecule has 0 radical (unpaired) electrons. The van der Waals surface area contributed by atoms with Crippen molar-refractivity contribution in [2.75, 3.05) is 24.3 Å². The molecule has 0 bridgehead atoms. The molecule has 2 aromatic carbocycles. The van der Waals surface area contributed by atoms with Crippen molar-refractivity contribution in [1.29, 1.82) is 0 Å². The largest absolute Gasteiger partial charge is 0.489 e. The van der Waals surface area contributed by atoms with Gasteiger partial charge in [0.25, 0.3) is 0 Å². The van der Waals surface area contributed by atoms with Crippen molar-refractivity contribution < 1.29 is 32.6 Å². The van der Waals surface area contributed by atoms with E-state index in [1.807, 2.05) is 11.8 Å². The zero-order valence-corrected chi connectivity index (χ0v) is 22.0. The number of aliphatic hydroxyl groups is 1. The minimum absolute atomic E-state index is 0.0622. The van der Waals surface area contributed by atoms with E-state index in [0.717, 1.165) is 12.8 Å². The Balaban J connectivity index is 2.22. The predicted molar refractivity (Wildman–Crippen MR) is 135 cm³/mol. The van der Waals surface area contributed by atoms with Crippen LogP contribution in [0.15, 0.2) is 46.2 Å². The number of carboxylic acid groups (broad SMARTS) is 1. The van der Waals surface area contributed by atoms with Crippen molar-refractivity contribution in [3.8, 4) is 5.75 Å². The second-order valence-electron chi connectivity index (χ2n) is 9.14. The first-order valence-corrected chi connectivity index (χ1v) is 14.2. The Hall–Kier alpha value is -2.30. The Bertz CT molecular complexity index is 1170. The fraction of sp³-hybridized carbons (Fsp3) is 0.480. The third kappa shape index (κ3) is 5.59. The summed E-state index contributed by atoms with van der Waals surface area (Å²) in [5.74, 6) is -1.63. The smallest absolute Gasteiger partial charge is 0.336 e. The highest BCUT2D eigenvalue weighted by molar-refractivity contribution is 7.98. The first kappa shape index (κ1) is 27.3. The predicted octanol–water partition coefficient (Wildman–Crippen LogP) is 4.88. The van der Waals surface area contributed by atoms with Crippen LogP contribution in [0.3, 0.4) is 0 Å². The first-order chi connectivity index (χ1) is 16.4. The normalized spacial score (nSPS) is 22.2. The Morgan fingerprint density at radius 3 is 2.54 bits per heavy atom. The highest BCUT2D eigenvalue weighted by atomic mass is 32.2. The maximum Gasteiger partial charge on any atom is 0.336 e. The molecule has 0 spiro atoms. The summed E-state index contributed by atoms with van der Waals surface area (Å²) in [6, 6.07) is 9.09. The Labute approximate surface area is 210 Å². The Morgan fingerprint density at radius 1 is 1.31 bits per heavy atom. The van der Waals surface area contributed by atoms with Crippen LogP contribution in [0.5, 0.6) is 5.75 Å². The van der Waals surface area contributed by atoms with E-state index in [1.165, 1.54) is 30.0 Å². The summed E-state index contributed by atoms with van der Waals surface area (Å²) in [5.41, 5.74) is 0.531. The van der Waals surface area contributed by atoms with Crippen LogP contribution in [-0.4, -0.2) is 55.4 Å². The highest BCUT2D eigenvalue weighted by Crippen LogP contribution is 2.48. The monoisotopic (exact) mass is 525 g/mol. The summed E-state index contributed by atoms with van der Waals surface area (Å²) in [4.78, 5) is 13.6. The number of hydrogen-bond acceptors (Lipinski definition) is 7. The molecule has 7 nitrogen and oxygen atoms in total. The van der Waals surface area contributed by atoms with E-state index in [-0.39, 0.29) is 16.5 Å². The lowest BCUT2D eigenvalue weighted by atomic mass is 9.81. The molecule has 1 aliphatic rings. The average molecular weight is 526 g/mol. The summed E-state index contributed by atoms with van der Waals surface area (Å²) in [7, 11) is -3.83. The number of halogens is 1. The number of nitrogens with zero attached hydrogens (tertiary/aromatic N) is 1. The molecule has 3 rings (SSSR count). The SMILES string of the molecule is CCCCC1(C)CN(c2ccc(F)cc2)c2cc(SC)c(OCC(O)C(=O)O)cc2S(=O)(=O)C1C. The molecule has 35 heavy (non-hydrogen) atoms. The Kier molecular flexibility index (Phi) is 8.39. The molecule has 0 aliphatic carbocycles. The quantitative estimate of drug-likeness (QED) is 0.447. The fourth-order valence-corrected chi connectivity index (χ4v) is 6.94. The van der Waals surface area contributed by atoms with Crippen molar-refractivity contribution in [2.45, 2.75) is 61.2 Å². The van der Waals surface area contributed by atoms with Crippen LogP contribution in [0, 0.1) is 11.2 Å². The lowest BCUT2D eigenvalue weighted by molar-refractivity contribution is -0.148. The van der Waals surface area contributed by atoms with Crippen LogP contribution >= 0.6 is 11.8 Å². The molecule has 3 atom stereocenters. The number of carbonyl (C=O) groups is 1. The maximum absolute atomic E-state index is 13.9. The number of fused-ring (bicyclic) bond motifs is 1. The van der Waals surface area contributed by atoms with Gasteiger partial charge in [0, 0.05) is 23.7 Å². The van der Waals surface area contributed by atoms with Crippen molar-refractivity contribution >= 4 is 38.9 Å². The molecule has 1 heterocycles. The van der Waals surface area contributed by atoms with E-state index in [0.29, 0.717) is 29.2 Å². The number of unbranched alkanes of at least 4 members (excludes halogenated alkanes) is 1. The van der Waals surface area contributed by atoms with Crippen LogP contribution in [0.2, 0.25) is 0 Å². The van der Waals surface area contributed by atoms with Gasteiger partial charge in [-0.3, -0.25) is 0 Å². The van der Waals surface area contributed by atoms with Crippen molar-refractivity contribution in [1.82, 2.24) is 0 Å². The molecule has 192 valence electrons. The second-order valence-corrected chi connectivity index (χ2v) is 12.2. The summed E-state index contributed by atoms with van der Waals surface area (Å²) < 4.78 is 47.2. The summed E-state index contributed by atoms with van der Waals surface area (Å²) >= 11 is 1.31. The number of thioether (sulfide) groups is 1. The third-order valence-corrected chi connectivity index (χ3v) is 9.93. The summed E-state index contributed by atoms with van der Waals surface area (Å²) in [6.07, 6.45) is 2.53. The van der Waals surface area contributed by atoms with Gasteiger partial charge in [0.15, 0.2) is 15.9 Å². The number of anilines is 2. The highest BCUT2D eigenvalue weighted by Gasteiger charge is 2.46. The number of sulfone groups is 1. The van der Waals surface area contributed by atoms with Gasteiger partial charge in [0.1, 0.15) is 18.2 Å². The molecule has 0 amide bonds. The van der Waals surface area contributed by atoms with Gasteiger partial charge in [-0.05, 0) is 49.9 Å². The molecule has 0 saturated carbocycles. The van der Waals surface area contributed by atoms with Gasteiger partial charge in [0.05, 0.1) is 20.7 Å². The lowest BCUT2D eigenvalue weighted by Crippen LogP contribution is -2.41. The zero-order chi connectivity index (χ0) is 26.0. The minimum atomic E-state index is -3.83. The number of ether oxygens (including phenoxy) is 1. The topological polar surface area (TPSA) is 104 Å². The third-order valence-electron chi connectivity index (χ3n) is 6.73. The molecular weight excluding hydrogens is 493 g/mol. The van der Waals surface area contributed by atoms with Crippen LogP contribution < -0.4 is 9.64 Å². The van der Waals surface area contributed by atoms with E-state index < -0.39 is 39.2 Å². The van der Waals surface area contributed by atoms with E-state index in [1.54, 1.807) is 31.4 Å². The fourth-order valence-electron chi connectivity index (χ4n) is 4.34. The molecule has 10 heteroatoms. The second kappa shape index (κ2) is 10.8. The van der Waals surface area contributed by atoms with Gasteiger partial charge in [-0.1, -0.05) is 26.7 Å². The Morgan fingerprint density at radius 2 is 1.97 bits per heavy atom.